The van der Waals surface area contributed by atoms with Crippen molar-refractivity contribution in [2.24, 2.45) is 9.98 Å². The summed E-state index contributed by atoms with van der Waals surface area (Å²) < 4.78 is 39.2. The van der Waals surface area contributed by atoms with Gasteiger partial charge in [0.15, 0.2) is 0 Å². The predicted octanol–water partition coefficient (Wildman–Crippen LogP) is 6.80. The number of thiazole rings is 1. The number of rotatable bonds is 6. The average molecular weight is 501 g/mol. The zero-order valence-electron chi connectivity index (χ0n) is 19.2. The first-order valence-corrected chi connectivity index (χ1v) is 11.4. The number of aliphatic imine (C=N–C) groups is 2. The molecule has 3 aromatic rings. The monoisotopic (exact) mass is 500 g/mol. The minimum atomic E-state index is -4.52. The van der Waals surface area contributed by atoms with Crippen molar-refractivity contribution < 1.29 is 23.1 Å². The summed E-state index contributed by atoms with van der Waals surface area (Å²) in [7, 11) is 1.38. The Hall–Kier alpha value is -3.79. The van der Waals surface area contributed by atoms with E-state index in [0.29, 0.717) is 5.69 Å². The highest BCUT2D eigenvalue weighted by Crippen LogP contribution is 2.30. The third kappa shape index (κ3) is 7.10. The molecule has 0 amide bonds. The first-order valence-electron chi connectivity index (χ1n) is 10.6. The van der Waals surface area contributed by atoms with Crippen LogP contribution in [0.25, 0.3) is 22.6 Å². The third-order valence-corrected chi connectivity index (χ3v) is 5.84. The minimum absolute atomic E-state index is 0.127. The molecular weight excluding hydrogens is 477 g/mol. The van der Waals surface area contributed by atoms with E-state index in [1.54, 1.807) is 30.5 Å². The van der Waals surface area contributed by atoms with Crippen LogP contribution in [-0.4, -0.2) is 41.0 Å². The van der Waals surface area contributed by atoms with Crippen LogP contribution in [0.4, 0.5) is 18.9 Å². The van der Waals surface area contributed by atoms with E-state index in [9.17, 15) is 18.0 Å². The molecule has 0 spiro atoms. The van der Waals surface area contributed by atoms with Crippen LogP contribution in [0.2, 0.25) is 0 Å². The lowest BCUT2D eigenvalue weighted by atomic mass is 10.1. The molecule has 0 aliphatic heterocycles. The van der Waals surface area contributed by atoms with Crippen molar-refractivity contribution in [1.29, 1.82) is 0 Å². The van der Waals surface area contributed by atoms with Gasteiger partial charge < -0.3 is 10.4 Å². The quantitative estimate of drug-likeness (QED) is 0.288. The standard InChI is InChI=1S/C25H23F3N4O2S/c1-4-21(25(26,27)28)32-24(29-3)31-19-12-15(2)11-18(13-19)20-14-30-22(35-20)10-7-16-5-8-17(9-6-16)23(33)34/h5-14H,4H2,1-3H3,(H,29,31)(H,33,34)/b10-7+,32-21+. The number of aromatic carboxylic acids is 1. The Morgan fingerprint density at radius 2 is 1.89 bits per heavy atom. The Balaban J connectivity index is 1.80. The van der Waals surface area contributed by atoms with Gasteiger partial charge in [-0.3, -0.25) is 4.99 Å². The molecule has 1 aromatic heterocycles. The van der Waals surface area contributed by atoms with Crippen LogP contribution in [0, 0.1) is 6.92 Å². The van der Waals surface area contributed by atoms with Crippen molar-refractivity contribution in [3.63, 3.8) is 0 Å². The van der Waals surface area contributed by atoms with Gasteiger partial charge in [-0.05, 0) is 60.4 Å². The summed E-state index contributed by atoms with van der Waals surface area (Å²) in [5, 5.41) is 12.6. The molecule has 6 nitrogen and oxygen atoms in total. The number of hydrogen-bond donors (Lipinski definition) is 2. The molecule has 35 heavy (non-hydrogen) atoms. The highest BCUT2D eigenvalue weighted by atomic mass is 32.1. The van der Waals surface area contributed by atoms with Gasteiger partial charge in [0.05, 0.1) is 10.4 Å². The van der Waals surface area contributed by atoms with E-state index in [2.05, 4.69) is 20.3 Å². The van der Waals surface area contributed by atoms with Gasteiger partial charge in [-0.1, -0.05) is 31.2 Å². The van der Waals surface area contributed by atoms with E-state index in [-0.39, 0.29) is 17.9 Å². The molecule has 3 rings (SSSR count). The topological polar surface area (TPSA) is 86.9 Å². The highest BCUT2D eigenvalue weighted by molar-refractivity contribution is 7.16. The van der Waals surface area contributed by atoms with Gasteiger partial charge in [0.2, 0.25) is 5.96 Å². The predicted molar refractivity (Wildman–Crippen MR) is 135 cm³/mol. The van der Waals surface area contributed by atoms with Crippen molar-refractivity contribution >= 4 is 46.8 Å². The molecular formula is C25H23F3N4O2S. The largest absolute Gasteiger partial charge is 0.478 e. The van der Waals surface area contributed by atoms with E-state index in [4.69, 9.17) is 5.11 Å². The third-order valence-electron chi connectivity index (χ3n) is 4.83. The van der Waals surface area contributed by atoms with E-state index in [1.807, 2.05) is 25.1 Å². The molecule has 182 valence electrons. The smallest absolute Gasteiger partial charge is 0.429 e. The lowest BCUT2D eigenvalue weighted by Gasteiger charge is -2.12. The number of guanidine groups is 1. The second-order valence-corrected chi connectivity index (χ2v) is 8.56. The van der Waals surface area contributed by atoms with Crippen molar-refractivity contribution in [3.05, 3.63) is 70.4 Å². The zero-order chi connectivity index (χ0) is 25.6. The summed E-state index contributed by atoms with van der Waals surface area (Å²) >= 11 is 1.45. The lowest BCUT2D eigenvalue weighted by molar-refractivity contribution is -0.0601. The van der Waals surface area contributed by atoms with Gasteiger partial charge >= 0.3 is 12.1 Å². The number of aryl methyl sites for hydroxylation is 1. The number of benzene rings is 2. The van der Waals surface area contributed by atoms with Crippen molar-refractivity contribution in [3.8, 4) is 10.4 Å². The zero-order valence-corrected chi connectivity index (χ0v) is 20.0. The number of anilines is 1. The number of aromatic nitrogens is 1. The molecule has 1 heterocycles. The maximum Gasteiger partial charge on any atom is 0.429 e. The molecule has 2 N–H and O–H groups in total. The molecule has 0 aliphatic rings. The van der Waals surface area contributed by atoms with Gasteiger partial charge in [-0.15, -0.1) is 11.3 Å². The summed E-state index contributed by atoms with van der Waals surface area (Å²) in [4.78, 5) is 23.8. The summed E-state index contributed by atoms with van der Waals surface area (Å²) in [6, 6.07) is 12.1. The van der Waals surface area contributed by atoms with Gasteiger partial charge in [-0.2, -0.15) is 13.2 Å². The van der Waals surface area contributed by atoms with Crippen LogP contribution in [0.5, 0.6) is 0 Å². The van der Waals surface area contributed by atoms with Gasteiger partial charge in [0.1, 0.15) is 10.7 Å². The second kappa shape index (κ2) is 11.1. The first-order chi connectivity index (χ1) is 16.6. The fourth-order valence-corrected chi connectivity index (χ4v) is 3.94. The molecule has 0 bridgehead atoms. The summed E-state index contributed by atoms with van der Waals surface area (Å²) in [5.41, 5.74) is 2.46. The molecule has 0 unspecified atom stereocenters. The summed E-state index contributed by atoms with van der Waals surface area (Å²) in [6.07, 6.45) is 0.617. The normalized spacial score (nSPS) is 12.9. The minimum Gasteiger partial charge on any atom is -0.478 e. The Morgan fingerprint density at radius 1 is 1.17 bits per heavy atom. The number of carboxylic acid groups (broad SMARTS) is 1. The molecule has 0 radical (unpaired) electrons. The van der Waals surface area contributed by atoms with Crippen LogP contribution in [0.3, 0.4) is 0 Å². The Kier molecular flexibility index (Phi) is 8.18. The molecule has 0 saturated heterocycles. The van der Waals surface area contributed by atoms with Crippen LogP contribution < -0.4 is 5.32 Å². The Morgan fingerprint density at radius 3 is 2.49 bits per heavy atom. The van der Waals surface area contributed by atoms with Crippen LogP contribution in [0.1, 0.15) is 39.8 Å². The SMILES string of the molecule is CC/C(=N\C(=NC)Nc1cc(C)cc(-c2cnc(/C=C/c3ccc(C(=O)O)cc3)s2)c1)C(F)(F)F. The number of carbonyl (C=O) groups is 1. The van der Waals surface area contributed by atoms with Crippen LogP contribution in [0.15, 0.2) is 58.6 Å². The molecule has 0 aliphatic carbocycles. The van der Waals surface area contributed by atoms with E-state index >= 15 is 0 Å². The number of halogens is 3. The van der Waals surface area contributed by atoms with Gasteiger partial charge in [0.25, 0.3) is 0 Å². The summed E-state index contributed by atoms with van der Waals surface area (Å²) in [5.74, 6) is -1.11. The Labute approximate surface area is 204 Å². The van der Waals surface area contributed by atoms with Crippen molar-refractivity contribution in [2.45, 2.75) is 26.4 Å². The molecule has 10 heteroatoms. The fourth-order valence-electron chi connectivity index (χ4n) is 3.13. The second-order valence-electron chi connectivity index (χ2n) is 7.49. The maximum absolute atomic E-state index is 13.1. The van der Waals surface area contributed by atoms with E-state index in [0.717, 1.165) is 26.6 Å². The number of alkyl halides is 3. The first kappa shape index (κ1) is 25.8. The van der Waals surface area contributed by atoms with Crippen molar-refractivity contribution in [2.75, 3.05) is 12.4 Å². The van der Waals surface area contributed by atoms with Crippen LogP contribution in [-0.2, 0) is 0 Å². The van der Waals surface area contributed by atoms with Crippen molar-refractivity contribution in [1.82, 2.24) is 4.98 Å². The molecule has 0 saturated carbocycles. The number of carboxylic acids is 1. The lowest BCUT2D eigenvalue weighted by Crippen LogP contribution is -2.25. The number of nitrogens with one attached hydrogen (secondary N) is 1. The molecule has 0 atom stereocenters. The molecule has 0 fully saturated rings. The molecule has 2 aromatic carbocycles. The number of hydrogen-bond acceptors (Lipinski definition) is 4. The van der Waals surface area contributed by atoms with Gasteiger partial charge in [0, 0.05) is 18.9 Å². The maximum atomic E-state index is 13.1. The van der Waals surface area contributed by atoms with Gasteiger partial charge in [-0.25, -0.2) is 14.8 Å². The fraction of sp³-hybridized carbons (Fsp3) is 0.200. The highest BCUT2D eigenvalue weighted by Gasteiger charge is 2.34. The number of nitrogens with zero attached hydrogens (tertiary/aromatic N) is 3. The average Bonchev–Trinajstić information content (AvgIpc) is 3.28. The Bertz CT molecular complexity index is 1290. The summed E-state index contributed by atoms with van der Waals surface area (Å²) in [6.45, 7) is 3.28. The van der Waals surface area contributed by atoms with E-state index < -0.39 is 17.9 Å². The van der Waals surface area contributed by atoms with Crippen LogP contribution >= 0.6 is 11.3 Å². The van der Waals surface area contributed by atoms with E-state index in [1.165, 1.54) is 37.4 Å².